The second kappa shape index (κ2) is 4.04. The molecule has 13 heavy (non-hydrogen) atoms. The van der Waals surface area contributed by atoms with Crippen LogP contribution in [0, 0.1) is 3.57 Å². The van der Waals surface area contributed by atoms with Gasteiger partial charge in [-0.15, -0.1) is 11.8 Å². The smallest absolute Gasteiger partial charge is 0.262 e. The van der Waals surface area contributed by atoms with Crippen LogP contribution >= 0.6 is 34.4 Å². The zero-order chi connectivity index (χ0) is 10.1. The Labute approximate surface area is 91.3 Å². The summed E-state index contributed by atoms with van der Waals surface area (Å²) >= 11 is 2.69. The van der Waals surface area contributed by atoms with E-state index >= 15 is 0 Å². The normalized spacial score (nSPS) is 11.8. The number of rotatable bonds is 1. The fourth-order valence-corrected chi connectivity index (χ4v) is 2.38. The molecule has 0 saturated heterocycles. The first-order valence-electron chi connectivity index (χ1n) is 3.21. The summed E-state index contributed by atoms with van der Waals surface area (Å²) in [5.74, 6) is 0. The summed E-state index contributed by atoms with van der Waals surface area (Å²) in [6, 6.07) is 0. The summed E-state index contributed by atoms with van der Waals surface area (Å²) in [5, 5.41) is 0. The van der Waals surface area contributed by atoms with Gasteiger partial charge in [-0.3, -0.25) is 4.98 Å². The van der Waals surface area contributed by atoms with Crippen LogP contribution in [0.2, 0.25) is 0 Å². The van der Waals surface area contributed by atoms with Gasteiger partial charge in [0.25, 0.3) is 0 Å². The number of aromatic nitrogens is 1. The molecule has 0 aliphatic carbocycles. The first-order valence-corrected chi connectivity index (χ1v) is 5.52. The number of thioether (sulfide) groups is 1. The Kier molecular flexibility index (Phi) is 3.44. The molecule has 0 radical (unpaired) electrons. The Hall–Kier alpha value is 0.0200. The van der Waals surface area contributed by atoms with Crippen LogP contribution in [0.15, 0.2) is 17.3 Å². The largest absolute Gasteiger partial charge is 0.418 e. The van der Waals surface area contributed by atoms with Crippen molar-refractivity contribution < 1.29 is 13.2 Å². The highest BCUT2D eigenvalue weighted by molar-refractivity contribution is 14.1. The molecule has 0 fully saturated rings. The Morgan fingerprint density at radius 2 is 2.00 bits per heavy atom. The van der Waals surface area contributed by atoms with Crippen LogP contribution in [0.1, 0.15) is 5.56 Å². The van der Waals surface area contributed by atoms with Crippen molar-refractivity contribution in [1.82, 2.24) is 4.98 Å². The average Bonchev–Trinajstić information content (AvgIpc) is 2.01. The summed E-state index contributed by atoms with van der Waals surface area (Å²) < 4.78 is 37.5. The summed E-state index contributed by atoms with van der Waals surface area (Å²) in [7, 11) is 0. The third-order valence-electron chi connectivity index (χ3n) is 1.37. The molecule has 0 aliphatic rings. The van der Waals surface area contributed by atoms with Gasteiger partial charge in [-0.2, -0.15) is 13.2 Å². The molecule has 0 N–H and O–H groups in total. The second-order valence-corrected chi connectivity index (χ2v) is 4.21. The van der Waals surface area contributed by atoms with Crippen molar-refractivity contribution >= 4 is 34.4 Å². The molecule has 0 aromatic carbocycles. The predicted octanol–water partition coefficient (Wildman–Crippen LogP) is 3.43. The third kappa shape index (κ3) is 2.49. The van der Waals surface area contributed by atoms with Gasteiger partial charge in [0.2, 0.25) is 0 Å². The molecule has 1 aromatic rings. The first kappa shape index (κ1) is 11.1. The lowest BCUT2D eigenvalue weighted by Gasteiger charge is -2.11. The topological polar surface area (TPSA) is 12.9 Å². The van der Waals surface area contributed by atoms with E-state index in [0.29, 0.717) is 0 Å². The maximum absolute atomic E-state index is 12.5. The van der Waals surface area contributed by atoms with Gasteiger partial charge < -0.3 is 0 Å². The quantitative estimate of drug-likeness (QED) is 0.581. The van der Waals surface area contributed by atoms with E-state index in [9.17, 15) is 13.2 Å². The van der Waals surface area contributed by atoms with Gasteiger partial charge in [-0.25, -0.2) is 0 Å². The van der Waals surface area contributed by atoms with Crippen molar-refractivity contribution in [2.24, 2.45) is 0 Å². The van der Waals surface area contributed by atoms with Crippen molar-refractivity contribution in [1.29, 1.82) is 0 Å². The number of nitrogens with zero attached hydrogens (tertiary/aromatic N) is 1. The highest BCUT2D eigenvalue weighted by Crippen LogP contribution is 2.38. The zero-order valence-electron chi connectivity index (χ0n) is 6.52. The predicted molar refractivity (Wildman–Crippen MR) is 53.7 cm³/mol. The fraction of sp³-hybridized carbons (Fsp3) is 0.286. The molecule has 1 heterocycles. The van der Waals surface area contributed by atoms with Crippen LogP contribution in [0.3, 0.4) is 0 Å². The molecule has 0 bridgehead atoms. The molecule has 0 aliphatic heterocycles. The maximum Gasteiger partial charge on any atom is 0.418 e. The minimum atomic E-state index is -4.29. The molecule has 1 aromatic heterocycles. The van der Waals surface area contributed by atoms with E-state index in [1.165, 1.54) is 12.4 Å². The SMILES string of the molecule is CSc1cncc(I)c1C(F)(F)F. The van der Waals surface area contributed by atoms with Crippen molar-refractivity contribution in [3.63, 3.8) is 0 Å². The van der Waals surface area contributed by atoms with Crippen molar-refractivity contribution in [2.75, 3.05) is 6.26 Å². The lowest BCUT2D eigenvalue weighted by atomic mass is 10.2. The maximum atomic E-state index is 12.5. The number of halogens is 4. The van der Waals surface area contributed by atoms with E-state index in [0.717, 1.165) is 11.8 Å². The minimum Gasteiger partial charge on any atom is -0.262 e. The number of pyridine rings is 1. The van der Waals surface area contributed by atoms with Gasteiger partial charge in [0.05, 0.1) is 5.56 Å². The summed E-state index contributed by atoms with van der Waals surface area (Å²) in [5.41, 5.74) is -0.587. The van der Waals surface area contributed by atoms with Crippen LogP contribution in [0.4, 0.5) is 13.2 Å². The van der Waals surface area contributed by atoms with Gasteiger partial charge in [-0.05, 0) is 28.8 Å². The van der Waals surface area contributed by atoms with Crippen LogP contribution in [0.5, 0.6) is 0 Å². The zero-order valence-corrected chi connectivity index (χ0v) is 9.50. The van der Waals surface area contributed by atoms with Crippen molar-refractivity contribution in [2.45, 2.75) is 11.1 Å². The Morgan fingerprint density at radius 1 is 1.38 bits per heavy atom. The van der Waals surface area contributed by atoms with Crippen LogP contribution in [-0.2, 0) is 6.18 Å². The van der Waals surface area contributed by atoms with E-state index in [1.807, 2.05) is 0 Å². The van der Waals surface area contributed by atoms with Crippen LogP contribution < -0.4 is 0 Å². The highest BCUT2D eigenvalue weighted by Gasteiger charge is 2.35. The second-order valence-electron chi connectivity index (χ2n) is 2.20. The van der Waals surface area contributed by atoms with E-state index in [1.54, 1.807) is 28.8 Å². The number of hydrogen-bond donors (Lipinski definition) is 0. The van der Waals surface area contributed by atoms with E-state index in [4.69, 9.17) is 0 Å². The molecular formula is C7H5F3INS. The van der Waals surface area contributed by atoms with E-state index in [-0.39, 0.29) is 8.47 Å². The van der Waals surface area contributed by atoms with E-state index < -0.39 is 11.7 Å². The molecule has 1 nitrogen and oxygen atoms in total. The molecule has 0 atom stereocenters. The monoisotopic (exact) mass is 319 g/mol. The third-order valence-corrected chi connectivity index (χ3v) is 2.94. The first-order chi connectivity index (χ1) is 5.96. The standard InChI is InChI=1S/C7H5F3INS/c1-13-5-3-12-2-4(11)6(5)7(8,9)10/h2-3H,1H3. The van der Waals surface area contributed by atoms with E-state index in [2.05, 4.69) is 4.98 Å². The van der Waals surface area contributed by atoms with Gasteiger partial charge in [0.15, 0.2) is 0 Å². The molecule has 1 rings (SSSR count). The van der Waals surface area contributed by atoms with Gasteiger partial charge >= 0.3 is 6.18 Å². The van der Waals surface area contributed by atoms with Gasteiger partial charge in [-0.1, -0.05) is 0 Å². The lowest BCUT2D eigenvalue weighted by molar-refractivity contribution is -0.140. The summed E-state index contributed by atoms with van der Waals surface area (Å²) in [6.45, 7) is 0. The molecule has 0 saturated carbocycles. The van der Waals surface area contributed by atoms with Crippen LogP contribution in [0.25, 0.3) is 0 Å². The molecular weight excluding hydrogens is 314 g/mol. The number of alkyl halides is 3. The molecule has 0 amide bonds. The molecule has 6 heteroatoms. The molecule has 0 unspecified atom stereocenters. The van der Waals surface area contributed by atoms with Crippen LogP contribution in [-0.4, -0.2) is 11.2 Å². The fourth-order valence-electron chi connectivity index (χ4n) is 0.847. The van der Waals surface area contributed by atoms with Crippen molar-refractivity contribution in [3.8, 4) is 0 Å². The summed E-state index contributed by atoms with van der Waals surface area (Å²) in [6.07, 6.45) is -0.251. The number of hydrogen-bond acceptors (Lipinski definition) is 2. The van der Waals surface area contributed by atoms with Crippen molar-refractivity contribution in [3.05, 3.63) is 21.5 Å². The van der Waals surface area contributed by atoms with Gasteiger partial charge in [0.1, 0.15) is 0 Å². The highest BCUT2D eigenvalue weighted by atomic mass is 127. The Balaban J connectivity index is 3.32. The molecule has 72 valence electrons. The average molecular weight is 319 g/mol. The summed E-state index contributed by atoms with van der Waals surface area (Å²) in [4.78, 5) is 3.87. The van der Waals surface area contributed by atoms with Gasteiger partial charge in [0, 0.05) is 20.9 Å². The Morgan fingerprint density at radius 3 is 2.38 bits per heavy atom. The minimum absolute atomic E-state index is 0.136. The molecule has 0 spiro atoms. The Bertz CT molecular complexity index is 313. The lowest BCUT2D eigenvalue weighted by Crippen LogP contribution is -2.09.